The Hall–Kier alpha value is -3.99. The first-order valence-corrected chi connectivity index (χ1v) is 16.1. The number of rotatable bonds is 16. The van der Waals surface area contributed by atoms with Crippen molar-refractivity contribution in [3.05, 3.63) is 138 Å². The molecular formula is C37H38O8S. The van der Waals surface area contributed by atoms with Crippen LogP contribution in [0.15, 0.2) is 126 Å². The van der Waals surface area contributed by atoms with Gasteiger partial charge in [-0.1, -0.05) is 121 Å². The lowest BCUT2D eigenvalue weighted by Gasteiger charge is -2.45. The van der Waals surface area contributed by atoms with Crippen LogP contribution in [-0.2, 0) is 53.1 Å². The van der Waals surface area contributed by atoms with Crippen molar-refractivity contribution in [2.45, 2.75) is 67.4 Å². The van der Waals surface area contributed by atoms with Crippen LogP contribution in [0, 0.1) is 0 Å². The molecule has 0 aliphatic carbocycles. The van der Waals surface area contributed by atoms with Crippen LogP contribution in [0.2, 0.25) is 0 Å². The molecule has 240 valence electrons. The van der Waals surface area contributed by atoms with E-state index >= 15 is 0 Å². The highest BCUT2D eigenvalue weighted by molar-refractivity contribution is 7.99. The lowest BCUT2D eigenvalue weighted by molar-refractivity contribution is -0.249. The Bertz CT molecular complexity index is 1470. The normalized spacial score (nSPS) is 21.0. The van der Waals surface area contributed by atoms with Crippen LogP contribution in [0.4, 0.5) is 0 Å². The molecule has 0 radical (unpaired) electrons. The topological polar surface area (TPSA) is 101 Å². The van der Waals surface area contributed by atoms with Gasteiger partial charge in [0.05, 0.1) is 39.3 Å². The molecule has 4 aromatic rings. The minimum Gasteiger partial charge on any atom is -0.481 e. The second kappa shape index (κ2) is 17.6. The van der Waals surface area contributed by atoms with Crippen LogP contribution in [0.5, 0.6) is 0 Å². The van der Waals surface area contributed by atoms with Crippen LogP contribution in [0.3, 0.4) is 0 Å². The molecule has 0 saturated carbocycles. The first-order chi connectivity index (χ1) is 22.5. The Balaban J connectivity index is 1.46. The average Bonchev–Trinajstić information content (AvgIpc) is 3.08. The number of aliphatic carboxylic acids is 1. The fourth-order valence-electron chi connectivity index (χ4n) is 5.07. The summed E-state index contributed by atoms with van der Waals surface area (Å²) in [7, 11) is 0. The molecule has 0 amide bonds. The highest BCUT2D eigenvalue weighted by atomic mass is 32.2. The second-order valence-corrected chi connectivity index (χ2v) is 12.0. The number of carboxylic acids is 1. The zero-order valence-corrected chi connectivity index (χ0v) is 26.2. The van der Waals surface area contributed by atoms with E-state index in [1.54, 1.807) is 0 Å². The number of benzene rings is 4. The van der Waals surface area contributed by atoms with E-state index in [-0.39, 0.29) is 32.7 Å². The van der Waals surface area contributed by atoms with E-state index in [9.17, 15) is 14.7 Å². The van der Waals surface area contributed by atoms with E-state index in [2.05, 4.69) is 0 Å². The Kier molecular flexibility index (Phi) is 12.8. The third-order valence-electron chi connectivity index (χ3n) is 7.36. The number of carbonyl (C=O) groups excluding carboxylic acids is 1. The van der Waals surface area contributed by atoms with E-state index < -0.39 is 41.8 Å². The van der Waals surface area contributed by atoms with Gasteiger partial charge in [-0.15, -0.1) is 0 Å². The van der Waals surface area contributed by atoms with Gasteiger partial charge < -0.3 is 28.8 Å². The van der Waals surface area contributed by atoms with Crippen LogP contribution in [-0.4, -0.2) is 53.5 Å². The Morgan fingerprint density at radius 1 is 0.630 bits per heavy atom. The molecule has 0 aromatic heterocycles. The monoisotopic (exact) mass is 642 g/mol. The third kappa shape index (κ3) is 10.3. The summed E-state index contributed by atoms with van der Waals surface area (Å²) in [6.07, 6.45) is -3.73. The van der Waals surface area contributed by atoms with Gasteiger partial charge in [-0.3, -0.25) is 9.59 Å². The minimum atomic E-state index is -1.08. The lowest BCUT2D eigenvalue weighted by atomic mass is 9.99. The van der Waals surface area contributed by atoms with Crippen molar-refractivity contribution in [2.75, 3.05) is 6.61 Å². The summed E-state index contributed by atoms with van der Waals surface area (Å²) in [5.41, 5.74) is 2.28. The van der Waals surface area contributed by atoms with Gasteiger partial charge in [0.15, 0.2) is 6.10 Å². The highest BCUT2D eigenvalue weighted by Crippen LogP contribution is 2.38. The maximum atomic E-state index is 13.2. The van der Waals surface area contributed by atoms with Crippen molar-refractivity contribution >= 4 is 23.7 Å². The number of esters is 1. The van der Waals surface area contributed by atoms with Gasteiger partial charge in [0, 0.05) is 4.90 Å². The number of carboxylic acid groups (broad SMARTS) is 1. The number of carbonyl (C=O) groups is 2. The van der Waals surface area contributed by atoms with Crippen molar-refractivity contribution in [3.63, 3.8) is 0 Å². The van der Waals surface area contributed by atoms with Crippen molar-refractivity contribution in [2.24, 2.45) is 0 Å². The fraction of sp³-hybridized carbons (Fsp3) is 0.297. The Morgan fingerprint density at radius 2 is 1.13 bits per heavy atom. The third-order valence-corrected chi connectivity index (χ3v) is 8.52. The molecule has 5 atom stereocenters. The molecule has 1 aliphatic heterocycles. The van der Waals surface area contributed by atoms with Gasteiger partial charge in [-0.2, -0.15) is 0 Å². The van der Waals surface area contributed by atoms with E-state index in [4.69, 9.17) is 23.7 Å². The second-order valence-electron chi connectivity index (χ2n) is 10.8. The van der Waals surface area contributed by atoms with Crippen LogP contribution < -0.4 is 0 Å². The zero-order chi connectivity index (χ0) is 32.0. The average molecular weight is 643 g/mol. The molecule has 0 bridgehead atoms. The molecule has 8 nitrogen and oxygen atoms in total. The van der Waals surface area contributed by atoms with Gasteiger partial charge in [0.2, 0.25) is 0 Å². The summed E-state index contributed by atoms with van der Waals surface area (Å²) >= 11 is 1.46. The molecule has 5 rings (SSSR count). The SMILES string of the molecule is O=C(O)CCC(=O)O[C@@H]1[C@H](OCc2ccccc2)[C@@H](Sc2ccccc2)O[C@H](COCc2ccccc2)[C@H]1OCc1ccccc1. The van der Waals surface area contributed by atoms with E-state index in [1.165, 1.54) is 11.8 Å². The van der Waals surface area contributed by atoms with E-state index in [1.807, 2.05) is 121 Å². The van der Waals surface area contributed by atoms with Crippen molar-refractivity contribution in [1.82, 2.24) is 0 Å². The van der Waals surface area contributed by atoms with E-state index in [0.717, 1.165) is 21.6 Å². The summed E-state index contributed by atoms with van der Waals surface area (Å²) < 4.78 is 32.1. The van der Waals surface area contributed by atoms with Crippen molar-refractivity contribution in [3.8, 4) is 0 Å². The summed E-state index contributed by atoms with van der Waals surface area (Å²) in [6, 6.07) is 39.0. The van der Waals surface area contributed by atoms with Crippen molar-refractivity contribution < 1.29 is 38.4 Å². The highest BCUT2D eigenvalue weighted by Gasteiger charge is 2.50. The van der Waals surface area contributed by atoms with Gasteiger partial charge in [-0.05, 0) is 28.8 Å². The molecule has 0 spiro atoms. The molecule has 9 heteroatoms. The molecule has 1 heterocycles. The summed E-state index contributed by atoms with van der Waals surface area (Å²) in [5.74, 6) is -1.73. The molecule has 4 aromatic carbocycles. The first kappa shape index (κ1) is 33.4. The molecule has 1 aliphatic rings. The number of ether oxygens (including phenoxy) is 5. The smallest absolute Gasteiger partial charge is 0.306 e. The number of hydrogen-bond donors (Lipinski definition) is 1. The van der Waals surface area contributed by atoms with Gasteiger partial charge in [0.25, 0.3) is 0 Å². The summed E-state index contributed by atoms with van der Waals surface area (Å²) in [6.45, 7) is 0.994. The molecular weight excluding hydrogens is 604 g/mol. The maximum Gasteiger partial charge on any atom is 0.306 e. The number of hydrogen-bond acceptors (Lipinski definition) is 8. The molecule has 46 heavy (non-hydrogen) atoms. The van der Waals surface area contributed by atoms with Crippen LogP contribution >= 0.6 is 11.8 Å². The Morgan fingerprint density at radius 3 is 1.67 bits per heavy atom. The molecule has 1 saturated heterocycles. The largest absolute Gasteiger partial charge is 0.481 e. The number of thioether (sulfide) groups is 1. The summed E-state index contributed by atoms with van der Waals surface area (Å²) in [4.78, 5) is 25.4. The minimum absolute atomic E-state index is 0.161. The zero-order valence-electron chi connectivity index (χ0n) is 25.4. The van der Waals surface area contributed by atoms with Crippen LogP contribution in [0.25, 0.3) is 0 Å². The van der Waals surface area contributed by atoms with Gasteiger partial charge in [0.1, 0.15) is 23.7 Å². The quantitative estimate of drug-likeness (QED) is 0.134. The van der Waals surface area contributed by atoms with Crippen LogP contribution in [0.1, 0.15) is 29.5 Å². The fourth-order valence-corrected chi connectivity index (χ4v) is 6.22. The molecule has 1 N–H and O–H groups in total. The van der Waals surface area contributed by atoms with E-state index in [0.29, 0.717) is 6.61 Å². The van der Waals surface area contributed by atoms with Gasteiger partial charge in [-0.25, -0.2) is 0 Å². The predicted octanol–water partition coefficient (Wildman–Crippen LogP) is 6.67. The first-order valence-electron chi connectivity index (χ1n) is 15.3. The maximum absolute atomic E-state index is 13.2. The molecule has 0 unspecified atom stereocenters. The summed E-state index contributed by atoms with van der Waals surface area (Å²) in [5, 5.41) is 9.24. The predicted molar refractivity (Wildman–Crippen MR) is 174 cm³/mol. The molecule has 1 fully saturated rings. The Labute approximate surface area is 273 Å². The van der Waals surface area contributed by atoms with Gasteiger partial charge >= 0.3 is 11.9 Å². The van der Waals surface area contributed by atoms with Crippen molar-refractivity contribution in [1.29, 1.82) is 0 Å². The lowest BCUT2D eigenvalue weighted by Crippen LogP contribution is -2.60. The standard InChI is InChI=1S/C37H38O8S/c38-32(39)21-22-33(40)45-35-34(42-24-28-15-7-2-8-16-28)31(26-41-23-27-13-5-1-6-14-27)44-37(46-30-19-11-4-12-20-30)36(35)43-25-29-17-9-3-10-18-29/h1-20,31,34-37H,21-26H2,(H,38,39)/t31-,34-,35+,36+,37-/m1/s1.